The number of rotatable bonds is 8. The average molecular weight is 287 g/mol. The zero-order chi connectivity index (χ0) is 14.3. The van der Waals surface area contributed by atoms with Gasteiger partial charge < -0.3 is 10.1 Å². The first kappa shape index (κ1) is 15.1. The molecule has 0 amide bonds. The molecule has 1 N–H and O–H groups in total. The molecular formula is C19H29NO. The molecule has 2 saturated carbocycles. The number of nitrogens with one attached hydrogen (secondary N) is 1. The predicted octanol–water partition coefficient (Wildman–Crippen LogP) is 4.39. The van der Waals surface area contributed by atoms with E-state index in [1.807, 2.05) is 0 Å². The van der Waals surface area contributed by atoms with Gasteiger partial charge in [-0.25, -0.2) is 0 Å². The first-order valence-corrected chi connectivity index (χ1v) is 8.83. The smallest absolute Gasteiger partial charge is 0.0575 e. The Bertz CT molecular complexity index is 404. The molecule has 0 saturated heterocycles. The molecule has 2 heteroatoms. The third-order valence-electron chi connectivity index (χ3n) is 4.76. The van der Waals surface area contributed by atoms with Crippen LogP contribution in [0.4, 0.5) is 0 Å². The van der Waals surface area contributed by atoms with Crippen LogP contribution in [0.3, 0.4) is 0 Å². The van der Waals surface area contributed by atoms with E-state index in [0.29, 0.717) is 6.10 Å². The van der Waals surface area contributed by atoms with Crippen LogP contribution in [0.15, 0.2) is 24.3 Å². The lowest BCUT2D eigenvalue weighted by molar-refractivity contribution is 0.0273. The van der Waals surface area contributed by atoms with Crippen molar-refractivity contribution in [1.82, 2.24) is 5.32 Å². The standard InChI is InChI=1S/C19H29NO/c1-2-5-19(6-3-1)21-14-4-13-20-15-16-7-9-17(10-8-16)18-11-12-18/h7-10,18-20H,1-6,11-15H2. The molecular weight excluding hydrogens is 258 g/mol. The van der Waals surface area contributed by atoms with Crippen molar-refractivity contribution in [3.8, 4) is 0 Å². The third kappa shape index (κ3) is 5.12. The quantitative estimate of drug-likeness (QED) is 0.716. The molecule has 1 aromatic rings. The van der Waals surface area contributed by atoms with Crippen molar-refractivity contribution in [2.24, 2.45) is 0 Å². The number of benzene rings is 1. The van der Waals surface area contributed by atoms with Gasteiger partial charge in [-0.15, -0.1) is 0 Å². The Kier molecular flexibility index (Phi) is 5.70. The highest BCUT2D eigenvalue weighted by molar-refractivity contribution is 5.27. The fraction of sp³-hybridized carbons (Fsp3) is 0.684. The van der Waals surface area contributed by atoms with Gasteiger partial charge in [0, 0.05) is 13.2 Å². The number of hydrogen-bond acceptors (Lipinski definition) is 2. The second-order valence-corrected chi connectivity index (χ2v) is 6.68. The molecule has 1 aromatic carbocycles. The van der Waals surface area contributed by atoms with E-state index in [9.17, 15) is 0 Å². The van der Waals surface area contributed by atoms with Crippen LogP contribution in [-0.2, 0) is 11.3 Å². The van der Waals surface area contributed by atoms with Crippen LogP contribution in [0.5, 0.6) is 0 Å². The number of ether oxygens (including phenoxy) is 1. The van der Waals surface area contributed by atoms with Crippen LogP contribution >= 0.6 is 0 Å². The van der Waals surface area contributed by atoms with Gasteiger partial charge in [-0.05, 0) is 55.7 Å². The molecule has 2 nitrogen and oxygen atoms in total. The van der Waals surface area contributed by atoms with Crippen LogP contribution < -0.4 is 5.32 Å². The second kappa shape index (κ2) is 7.95. The summed E-state index contributed by atoms with van der Waals surface area (Å²) in [5.41, 5.74) is 2.92. The largest absolute Gasteiger partial charge is 0.378 e. The molecule has 3 rings (SSSR count). The average Bonchev–Trinajstić information content (AvgIpc) is 3.37. The van der Waals surface area contributed by atoms with Crippen molar-refractivity contribution in [3.63, 3.8) is 0 Å². The van der Waals surface area contributed by atoms with Crippen LogP contribution in [-0.4, -0.2) is 19.3 Å². The second-order valence-electron chi connectivity index (χ2n) is 6.68. The van der Waals surface area contributed by atoms with Crippen LogP contribution in [0.2, 0.25) is 0 Å². The Hall–Kier alpha value is -0.860. The van der Waals surface area contributed by atoms with Crippen molar-refractivity contribution in [2.45, 2.75) is 69.9 Å². The normalized spacial score (nSPS) is 19.8. The molecule has 0 aliphatic heterocycles. The minimum absolute atomic E-state index is 0.550. The molecule has 0 unspecified atom stereocenters. The van der Waals surface area contributed by atoms with Gasteiger partial charge in [-0.2, -0.15) is 0 Å². The molecule has 0 spiro atoms. The van der Waals surface area contributed by atoms with Gasteiger partial charge in [-0.3, -0.25) is 0 Å². The van der Waals surface area contributed by atoms with Gasteiger partial charge in [0.1, 0.15) is 0 Å². The van der Waals surface area contributed by atoms with Gasteiger partial charge in [0.2, 0.25) is 0 Å². The molecule has 2 aliphatic rings. The maximum atomic E-state index is 5.94. The Morgan fingerprint density at radius 2 is 1.71 bits per heavy atom. The third-order valence-corrected chi connectivity index (χ3v) is 4.76. The van der Waals surface area contributed by atoms with E-state index in [4.69, 9.17) is 4.74 Å². The van der Waals surface area contributed by atoms with Crippen LogP contribution in [0, 0.1) is 0 Å². The van der Waals surface area contributed by atoms with E-state index in [1.165, 1.54) is 56.1 Å². The summed E-state index contributed by atoms with van der Waals surface area (Å²) in [6, 6.07) is 9.17. The lowest BCUT2D eigenvalue weighted by atomic mass is 9.98. The van der Waals surface area contributed by atoms with E-state index in [0.717, 1.165) is 32.0 Å². The summed E-state index contributed by atoms with van der Waals surface area (Å²) < 4.78 is 5.94. The molecule has 0 atom stereocenters. The first-order chi connectivity index (χ1) is 10.4. The molecule has 0 heterocycles. The van der Waals surface area contributed by atoms with Gasteiger partial charge >= 0.3 is 0 Å². The summed E-state index contributed by atoms with van der Waals surface area (Å²) in [6.07, 6.45) is 11.1. The highest BCUT2D eigenvalue weighted by atomic mass is 16.5. The lowest BCUT2D eigenvalue weighted by Gasteiger charge is -2.21. The topological polar surface area (TPSA) is 21.3 Å². The van der Waals surface area contributed by atoms with Crippen molar-refractivity contribution < 1.29 is 4.74 Å². The minimum atomic E-state index is 0.550. The Morgan fingerprint density at radius 3 is 2.43 bits per heavy atom. The van der Waals surface area contributed by atoms with E-state index in [1.54, 1.807) is 0 Å². The zero-order valence-electron chi connectivity index (χ0n) is 13.2. The maximum Gasteiger partial charge on any atom is 0.0575 e. The zero-order valence-corrected chi connectivity index (χ0v) is 13.2. The predicted molar refractivity (Wildman–Crippen MR) is 87.6 cm³/mol. The summed E-state index contributed by atoms with van der Waals surface area (Å²) in [4.78, 5) is 0. The molecule has 0 aromatic heterocycles. The van der Waals surface area contributed by atoms with Gasteiger partial charge in [0.25, 0.3) is 0 Å². The fourth-order valence-electron chi connectivity index (χ4n) is 3.24. The van der Waals surface area contributed by atoms with Crippen molar-refractivity contribution in [1.29, 1.82) is 0 Å². The van der Waals surface area contributed by atoms with Gasteiger partial charge in [0.15, 0.2) is 0 Å². The molecule has 0 radical (unpaired) electrons. The summed E-state index contributed by atoms with van der Waals surface area (Å²) in [5, 5.41) is 3.52. The molecule has 116 valence electrons. The van der Waals surface area contributed by atoms with Crippen LogP contribution in [0.25, 0.3) is 0 Å². The molecule has 2 fully saturated rings. The monoisotopic (exact) mass is 287 g/mol. The Labute approximate surface area is 129 Å². The highest BCUT2D eigenvalue weighted by Crippen LogP contribution is 2.39. The highest BCUT2D eigenvalue weighted by Gasteiger charge is 2.22. The van der Waals surface area contributed by atoms with E-state index in [-0.39, 0.29) is 0 Å². The van der Waals surface area contributed by atoms with E-state index >= 15 is 0 Å². The van der Waals surface area contributed by atoms with E-state index in [2.05, 4.69) is 29.6 Å². The van der Waals surface area contributed by atoms with E-state index < -0.39 is 0 Å². The summed E-state index contributed by atoms with van der Waals surface area (Å²) in [5.74, 6) is 0.865. The molecule has 21 heavy (non-hydrogen) atoms. The van der Waals surface area contributed by atoms with Crippen LogP contribution in [0.1, 0.15) is 68.4 Å². The fourth-order valence-corrected chi connectivity index (χ4v) is 3.24. The SMILES string of the molecule is c1cc(C2CC2)ccc1CNCCCOC1CCCCC1. The first-order valence-electron chi connectivity index (χ1n) is 8.83. The molecule has 2 aliphatic carbocycles. The lowest BCUT2D eigenvalue weighted by Crippen LogP contribution is -2.20. The summed E-state index contributed by atoms with van der Waals surface area (Å²) >= 11 is 0. The maximum absolute atomic E-state index is 5.94. The van der Waals surface area contributed by atoms with Gasteiger partial charge in [-0.1, -0.05) is 43.5 Å². The summed E-state index contributed by atoms with van der Waals surface area (Å²) in [6.45, 7) is 2.95. The summed E-state index contributed by atoms with van der Waals surface area (Å²) in [7, 11) is 0. The van der Waals surface area contributed by atoms with Crippen molar-refractivity contribution in [2.75, 3.05) is 13.2 Å². The van der Waals surface area contributed by atoms with Gasteiger partial charge in [0.05, 0.1) is 6.10 Å². The van der Waals surface area contributed by atoms with Crippen molar-refractivity contribution >= 4 is 0 Å². The minimum Gasteiger partial charge on any atom is -0.378 e. The Balaban J connectivity index is 1.24. The van der Waals surface area contributed by atoms with Crippen molar-refractivity contribution in [3.05, 3.63) is 35.4 Å². The molecule has 0 bridgehead atoms. The Morgan fingerprint density at radius 1 is 0.952 bits per heavy atom. The number of hydrogen-bond donors (Lipinski definition) is 1.